The molecule has 0 radical (unpaired) electrons. The van der Waals surface area contributed by atoms with Crippen molar-refractivity contribution in [2.75, 3.05) is 0 Å². The van der Waals surface area contributed by atoms with Crippen molar-refractivity contribution < 1.29 is 0 Å². The molecule has 0 amide bonds. The van der Waals surface area contributed by atoms with Crippen LogP contribution in [0, 0.1) is 0 Å². The Morgan fingerprint density at radius 3 is 0.625 bits per heavy atom. The number of nitrogens with zero attached hydrogens (tertiary/aromatic N) is 4. The van der Waals surface area contributed by atoms with E-state index in [1.54, 1.807) is 0 Å². The molecule has 0 aromatic carbocycles. The van der Waals surface area contributed by atoms with E-state index in [2.05, 4.69) is 18.1 Å². The van der Waals surface area contributed by atoms with E-state index in [4.69, 9.17) is 44.0 Å². The van der Waals surface area contributed by atoms with Gasteiger partial charge in [0.2, 0.25) is 30.0 Å². The molecule has 0 saturated heterocycles. The van der Waals surface area contributed by atoms with E-state index in [9.17, 15) is 0 Å². The van der Waals surface area contributed by atoms with E-state index < -0.39 is 30.0 Å². The molecule has 0 unspecified atom stereocenters. The Hall–Kier alpha value is 0.600. The van der Waals surface area contributed by atoms with Crippen LogP contribution in [0.15, 0.2) is 18.1 Å². The molecule has 1 aliphatic heterocycles. The summed E-state index contributed by atoms with van der Waals surface area (Å²) >= 11 is 0. The van der Waals surface area contributed by atoms with E-state index in [1.807, 2.05) is 0 Å². The molecular weight excluding hydrogens is 292 g/mol. The molecule has 16 N–H and O–H groups in total. The molecule has 0 fully saturated rings. The molecule has 12 nitrogen and oxygen atoms in total. The van der Waals surface area contributed by atoms with E-state index in [-0.39, 0.29) is 0 Å². The van der Waals surface area contributed by atoms with Crippen molar-refractivity contribution in [1.82, 2.24) is 0 Å². The van der Waals surface area contributed by atoms with Crippen LogP contribution in [0.5, 0.6) is 0 Å². The van der Waals surface area contributed by atoms with Gasteiger partial charge >= 0.3 is 0 Å². The molecule has 16 heavy (non-hydrogen) atoms. The third-order valence-electron chi connectivity index (χ3n) is 1.15. The number of rotatable bonds is 0. The van der Waals surface area contributed by atoms with Crippen LogP contribution in [-0.4, -0.2) is 0 Å². The summed E-state index contributed by atoms with van der Waals surface area (Å²) in [4.78, 5) is 0. The van der Waals surface area contributed by atoms with Crippen molar-refractivity contribution in [2.45, 2.75) is 0 Å². The topological polar surface area (TPSA) is 258 Å². The summed E-state index contributed by atoms with van der Waals surface area (Å²) in [5.74, 6) is 0. The molecule has 0 aromatic rings. The Bertz CT molecular complexity index is 375. The SMILES string of the molecule is NP1(N)=NP(N)(N)=NP(N)(N)=NP(N)(N)=N1. The van der Waals surface area contributed by atoms with Gasteiger partial charge in [0.05, 0.1) is 0 Å². The van der Waals surface area contributed by atoms with Crippen LogP contribution >= 0.6 is 30.0 Å². The van der Waals surface area contributed by atoms with E-state index in [0.29, 0.717) is 0 Å². The minimum Gasteiger partial charge on any atom is -0.267 e. The highest BCUT2D eigenvalue weighted by Crippen LogP contribution is 2.62. The van der Waals surface area contributed by atoms with Gasteiger partial charge in [-0.05, 0) is 0 Å². The maximum absolute atomic E-state index is 5.59. The Labute approximate surface area is 92.7 Å². The predicted octanol–water partition coefficient (Wildman–Crippen LogP) is -0.546. The molecule has 16 heteroatoms. The van der Waals surface area contributed by atoms with Gasteiger partial charge in [-0.3, -0.25) is 44.0 Å². The van der Waals surface area contributed by atoms with Gasteiger partial charge in [-0.15, -0.1) is 0 Å². The first-order chi connectivity index (χ1) is 6.83. The van der Waals surface area contributed by atoms with Crippen molar-refractivity contribution in [2.24, 2.45) is 62.1 Å². The highest BCUT2D eigenvalue weighted by Gasteiger charge is 2.23. The fourth-order valence-corrected chi connectivity index (χ4v) is 10.2. The zero-order valence-corrected chi connectivity index (χ0v) is 11.8. The Kier molecular flexibility index (Phi) is 3.72. The van der Waals surface area contributed by atoms with Gasteiger partial charge in [-0.2, -0.15) is 18.1 Å². The fraction of sp³-hybridized carbons (Fsp3) is 0. The maximum atomic E-state index is 5.59. The second-order valence-corrected chi connectivity index (χ2v) is 11.6. The third kappa shape index (κ3) is 4.46. The van der Waals surface area contributed by atoms with Crippen LogP contribution in [0.25, 0.3) is 0 Å². The van der Waals surface area contributed by atoms with Crippen LogP contribution in [0.4, 0.5) is 0 Å². The molecule has 1 aliphatic rings. The lowest BCUT2D eigenvalue weighted by Crippen LogP contribution is -2.15. The van der Waals surface area contributed by atoms with Gasteiger partial charge < -0.3 is 0 Å². The maximum Gasteiger partial charge on any atom is 0.210 e. The summed E-state index contributed by atoms with van der Waals surface area (Å²) < 4.78 is 15.1. The zero-order chi connectivity index (χ0) is 12.8. The van der Waals surface area contributed by atoms with Crippen LogP contribution < -0.4 is 44.0 Å². The normalized spacial score (nSPS) is 29.5. The van der Waals surface area contributed by atoms with Crippen LogP contribution in [-0.2, 0) is 0 Å². The standard InChI is InChI=1S/H16N12P4/c1-13(2)9-14(3,4)11-16(7,8)12-15(5,6)10-13/h1-8H2. The monoisotopic (exact) mass is 308 g/mol. The van der Waals surface area contributed by atoms with E-state index in [0.717, 1.165) is 0 Å². The minimum atomic E-state index is -3.14. The zero-order valence-electron chi connectivity index (χ0n) is 8.20. The fourth-order valence-electron chi connectivity index (χ4n) is 0.990. The number of hydrogen-bond acceptors (Lipinski definition) is 12. The van der Waals surface area contributed by atoms with E-state index in [1.165, 1.54) is 0 Å². The Balaban J connectivity index is 3.67. The summed E-state index contributed by atoms with van der Waals surface area (Å²) in [5, 5.41) is 0. The summed E-state index contributed by atoms with van der Waals surface area (Å²) in [6.45, 7) is 0. The molecule has 1 rings (SSSR count). The number of hydrogen-bond donors (Lipinski definition) is 8. The smallest absolute Gasteiger partial charge is 0.210 e. The van der Waals surface area contributed by atoms with Crippen molar-refractivity contribution in [3.63, 3.8) is 0 Å². The highest BCUT2D eigenvalue weighted by atomic mass is 31.3. The van der Waals surface area contributed by atoms with Gasteiger partial charge in [-0.1, -0.05) is 0 Å². The Morgan fingerprint density at radius 1 is 0.375 bits per heavy atom. The van der Waals surface area contributed by atoms with Crippen LogP contribution in [0.3, 0.4) is 0 Å². The third-order valence-corrected chi connectivity index (χ3v) is 10.3. The van der Waals surface area contributed by atoms with Crippen LogP contribution in [0.1, 0.15) is 0 Å². The highest BCUT2D eigenvalue weighted by molar-refractivity contribution is 7.83. The molecular formula is H16N12P4. The first kappa shape index (κ1) is 14.7. The van der Waals surface area contributed by atoms with Crippen molar-refractivity contribution in [1.29, 1.82) is 0 Å². The van der Waals surface area contributed by atoms with Crippen LogP contribution in [0.2, 0.25) is 0 Å². The largest absolute Gasteiger partial charge is 0.267 e. The molecule has 0 aromatic heterocycles. The van der Waals surface area contributed by atoms with Crippen molar-refractivity contribution in [3.8, 4) is 0 Å². The summed E-state index contributed by atoms with van der Waals surface area (Å²) in [6, 6.07) is 0. The quantitative estimate of drug-likeness (QED) is 0.268. The molecule has 0 aliphatic carbocycles. The summed E-state index contributed by atoms with van der Waals surface area (Å²) in [5.41, 5.74) is 44.7. The molecule has 0 saturated carbocycles. The van der Waals surface area contributed by atoms with Gasteiger partial charge in [0.25, 0.3) is 0 Å². The van der Waals surface area contributed by atoms with Gasteiger partial charge in [0, 0.05) is 0 Å². The average molecular weight is 308 g/mol. The average Bonchev–Trinajstić information content (AvgIpc) is 1.67. The van der Waals surface area contributed by atoms with Gasteiger partial charge in [-0.25, -0.2) is 0 Å². The summed E-state index contributed by atoms with van der Waals surface area (Å²) in [7, 11) is -12.6. The predicted molar refractivity (Wildman–Crippen MR) is 70.9 cm³/mol. The first-order valence-electron chi connectivity index (χ1n) is 3.67. The molecule has 0 spiro atoms. The summed E-state index contributed by atoms with van der Waals surface area (Å²) in [6.07, 6.45) is 0. The lowest BCUT2D eigenvalue weighted by atomic mass is 13.7. The lowest BCUT2D eigenvalue weighted by molar-refractivity contribution is 1.46. The molecule has 0 bridgehead atoms. The van der Waals surface area contributed by atoms with Gasteiger partial charge in [0.1, 0.15) is 0 Å². The van der Waals surface area contributed by atoms with Crippen molar-refractivity contribution in [3.05, 3.63) is 0 Å². The molecule has 1 heterocycles. The van der Waals surface area contributed by atoms with Gasteiger partial charge in [0.15, 0.2) is 0 Å². The second-order valence-electron chi connectivity index (χ2n) is 3.16. The lowest BCUT2D eigenvalue weighted by Gasteiger charge is -2.23. The van der Waals surface area contributed by atoms with E-state index >= 15 is 0 Å². The Morgan fingerprint density at radius 2 is 0.500 bits per heavy atom. The first-order valence-corrected chi connectivity index (χ1v) is 11.0. The molecule has 96 valence electrons. The van der Waals surface area contributed by atoms with Crippen molar-refractivity contribution >= 4 is 30.0 Å². The minimum absolute atomic E-state index is 3.14. The second kappa shape index (κ2) is 4.07. The molecule has 0 atom stereocenters. The number of nitrogens with two attached hydrogens (primary N) is 8.